The van der Waals surface area contributed by atoms with Crippen LogP contribution < -0.4 is 4.90 Å². The van der Waals surface area contributed by atoms with E-state index in [9.17, 15) is 0 Å². The summed E-state index contributed by atoms with van der Waals surface area (Å²) >= 11 is 0. The van der Waals surface area contributed by atoms with E-state index in [-0.39, 0.29) is 0 Å². The van der Waals surface area contributed by atoms with Gasteiger partial charge in [-0.15, -0.1) is 0 Å². The molecule has 9 aromatic carbocycles. The first-order valence-corrected chi connectivity index (χ1v) is 18.2. The fourth-order valence-electron chi connectivity index (χ4n) is 7.29. The predicted octanol–water partition coefficient (Wildman–Crippen LogP) is 14.6. The third-order valence-corrected chi connectivity index (χ3v) is 10.0. The van der Waals surface area contributed by atoms with Crippen LogP contribution in [0.1, 0.15) is 0 Å². The van der Waals surface area contributed by atoms with Crippen LogP contribution in [0.5, 0.6) is 0 Å². The largest absolute Gasteiger partial charge is 0.310 e. The van der Waals surface area contributed by atoms with Crippen LogP contribution in [-0.2, 0) is 0 Å². The first-order chi connectivity index (χ1) is 26.2. The fourth-order valence-corrected chi connectivity index (χ4v) is 7.29. The molecule has 250 valence electrons. The molecule has 0 aliphatic carbocycles. The summed E-state index contributed by atoms with van der Waals surface area (Å²) in [5, 5.41) is 2.52. The number of fused-ring (bicyclic) bond motifs is 1. The van der Waals surface area contributed by atoms with Gasteiger partial charge in [0.1, 0.15) is 0 Å². The van der Waals surface area contributed by atoms with Crippen molar-refractivity contribution in [3.05, 3.63) is 224 Å². The van der Waals surface area contributed by atoms with Gasteiger partial charge in [0.2, 0.25) is 0 Å². The molecule has 0 atom stereocenters. The van der Waals surface area contributed by atoms with Gasteiger partial charge in [-0.3, -0.25) is 0 Å². The molecule has 1 nitrogen and oxygen atoms in total. The molecule has 0 aromatic heterocycles. The van der Waals surface area contributed by atoms with E-state index in [4.69, 9.17) is 0 Å². The highest BCUT2D eigenvalue weighted by Gasteiger charge is 2.15. The summed E-state index contributed by atoms with van der Waals surface area (Å²) in [5.41, 5.74) is 15.3. The van der Waals surface area contributed by atoms with Crippen molar-refractivity contribution in [1.82, 2.24) is 0 Å². The molecule has 0 bridgehead atoms. The molecular weight excluding hydrogens is 639 g/mol. The van der Waals surface area contributed by atoms with Crippen LogP contribution in [0.3, 0.4) is 0 Å². The molecule has 0 unspecified atom stereocenters. The van der Waals surface area contributed by atoms with Crippen LogP contribution in [0.2, 0.25) is 0 Å². The molecule has 0 amide bonds. The smallest absolute Gasteiger partial charge is 0.0467 e. The molecule has 0 heterocycles. The first-order valence-electron chi connectivity index (χ1n) is 18.2. The summed E-state index contributed by atoms with van der Waals surface area (Å²) in [6, 6.07) is 80.8. The van der Waals surface area contributed by atoms with Gasteiger partial charge in [-0.1, -0.05) is 170 Å². The molecular formula is C52H37N. The Kier molecular flexibility index (Phi) is 8.66. The van der Waals surface area contributed by atoms with Crippen LogP contribution >= 0.6 is 0 Å². The van der Waals surface area contributed by atoms with E-state index in [2.05, 4.69) is 229 Å². The van der Waals surface area contributed by atoms with Gasteiger partial charge >= 0.3 is 0 Å². The lowest BCUT2D eigenvalue weighted by molar-refractivity contribution is 1.28. The van der Waals surface area contributed by atoms with Gasteiger partial charge in [-0.05, 0) is 121 Å². The van der Waals surface area contributed by atoms with Crippen molar-refractivity contribution < 1.29 is 0 Å². The maximum Gasteiger partial charge on any atom is 0.0467 e. The van der Waals surface area contributed by atoms with Gasteiger partial charge in [0.15, 0.2) is 0 Å². The topological polar surface area (TPSA) is 3.24 Å². The molecule has 0 aliphatic heterocycles. The van der Waals surface area contributed by atoms with Crippen molar-refractivity contribution in [2.24, 2.45) is 0 Å². The van der Waals surface area contributed by atoms with E-state index in [0.717, 1.165) is 17.1 Å². The second-order valence-electron chi connectivity index (χ2n) is 13.4. The summed E-state index contributed by atoms with van der Waals surface area (Å²) in [4.78, 5) is 2.36. The van der Waals surface area contributed by atoms with Crippen LogP contribution in [-0.4, -0.2) is 0 Å². The quantitative estimate of drug-likeness (QED) is 0.155. The maximum absolute atomic E-state index is 2.36. The molecule has 0 N–H and O–H groups in total. The van der Waals surface area contributed by atoms with E-state index in [1.807, 2.05) is 0 Å². The Morgan fingerprint density at radius 1 is 0.189 bits per heavy atom. The fraction of sp³-hybridized carbons (Fsp3) is 0. The van der Waals surface area contributed by atoms with Crippen molar-refractivity contribution in [2.45, 2.75) is 0 Å². The number of anilines is 3. The van der Waals surface area contributed by atoms with Gasteiger partial charge < -0.3 is 4.90 Å². The standard InChI is InChI=1S/C52H37N/c1-3-13-38(14-4-1)47-23-11-25-51(36-47)53(52-26-12-24-48(37-52)39-15-5-2-6-16-39)50-31-29-41(30-32-50)43-19-9-20-44(33-43)45-21-10-22-46(35-45)49-28-27-40-17-7-8-18-42(40)34-49/h1-37H. The van der Waals surface area contributed by atoms with Crippen molar-refractivity contribution in [3.8, 4) is 55.6 Å². The molecule has 0 saturated carbocycles. The Labute approximate surface area is 311 Å². The minimum atomic E-state index is 1.10. The number of nitrogens with zero attached hydrogens (tertiary/aromatic N) is 1. The third-order valence-electron chi connectivity index (χ3n) is 10.0. The average Bonchev–Trinajstić information content (AvgIpc) is 3.25. The number of rotatable bonds is 8. The second-order valence-corrected chi connectivity index (χ2v) is 13.4. The van der Waals surface area contributed by atoms with Gasteiger partial charge in [-0.25, -0.2) is 0 Å². The number of hydrogen-bond acceptors (Lipinski definition) is 1. The lowest BCUT2D eigenvalue weighted by Gasteiger charge is -2.27. The molecule has 0 radical (unpaired) electrons. The molecule has 0 spiro atoms. The zero-order chi connectivity index (χ0) is 35.4. The normalized spacial score (nSPS) is 11.0. The highest BCUT2D eigenvalue weighted by Crippen LogP contribution is 2.39. The SMILES string of the molecule is c1ccc(-c2cccc(N(c3ccc(-c4cccc(-c5cccc(-c6ccc7ccccc7c6)c5)c4)cc3)c3cccc(-c4ccccc4)c3)c2)cc1. The summed E-state index contributed by atoms with van der Waals surface area (Å²) in [7, 11) is 0. The van der Waals surface area contributed by atoms with Crippen LogP contribution in [0, 0.1) is 0 Å². The van der Waals surface area contributed by atoms with E-state index in [0.29, 0.717) is 0 Å². The molecule has 0 aliphatic rings. The highest BCUT2D eigenvalue weighted by molar-refractivity contribution is 5.88. The Morgan fingerprint density at radius 2 is 0.547 bits per heavy atom. The predicted molar refractivity (Wildman–Crippen MR) is 226 cm³/mol. The maximum atomic E-state index is 2.36. The van der Waals surface area contributed by atoms with Crippen LogP contribution in [0.25, 0.3) is 66.4 Å². The molecule has 9 aromatic rings. The summed E-state index contributed by atoms with van der Waals surface area (Å²) in [6.07, 6.45) is 0. The summed E-state index contributed by atoms with van der Waals surface area (Å²) < 4.78 is 0. The van der Waals surface area contributed by atoms with Gasteiger partial charge in [0, 0.05) is 17.1 Å². The van der Waals surface area contributed by atoms with Crippen molar-refractivity contribution in [1.29, 1.82) is 0 Å². The van der Waals surface area contributed by atoms with Crippen molar-refractivity contribution in [3.63, 3.8) is 0 Å². The van der Waals surface area contributed by atoms with E-state index < -0.39 is 0 Å². The minimum Gasteiger partial charge on any atom is -0.310 e. The number of hydrogen-bond donors (Lipinski definition) is 0. The molecule has 1 heteroatoms. The number of benzene rings is 9. The Bertz CT molecular complexity index is 2570. The van der Waals surface area contributed by atoms with Gasteiger partial charge in [0.05, 0.1) is 0 Å². The molecule has 0 saturated heterocycles. The van der Waals surface area contributed by atoms with E-state index in [1.165, 1.54) is 66.4 Å². The monoisotopic (exact) mass is 675 g/mol. The van der Waals surface area contributed by atoms with Crippen molar-refractivity contribution in [2.75, 3.05) is 4.90 Å². The Balaban J connectivity index is 1.06. The van der Waals surface area contributed by atoms with E-state index >= 15 is 0 Å². The second kappa shape index (κ2) is 14.3. The highest BCUT2D eigenvalue weighted by atomic mass is 15.1. The first kappa shape index (κ1) is 32.0. The third kappa shape index (κ3) is 6.77. The molecule has 9 rings (SSSR count). The van der Waals surface area contributed by atoms with Crippen LogP contribution in [0.4, 0.5) is 17.1 Å². The summed E-state index contributed by atoms with van der Waals surface area (Å²) in [6.45, 7) is 0. The molecule has 53 heavy (non-hydrogen) atoms. The lowest BCUT2D eigenvalue weighted by Crippen LogP contribution is -2.10. The van der Waals surface area contributed by atoms with E-state index in [1.54, 1.807) is 0 Å². The average molecular weight is 676 g/mol. The minimum absolute atomic E-state index is 1.10. The van der Waals surface area contributed by atoms with Gasteiger partial charge in [0.25, 0.3) is 0 Å². The lowest BCUT2D eigenvalue weighted by atomic mass is 9.95. The summed E-state index contributed by atoms with van der Waals surface area (Å²) in [5.74, 6) is 0. The zero-order valence-corrected chi connectivity index (χ0v) is 29.3. The Morgan fingerprint density at radius 3 is 1.08 bits per heavy atom. The van der Waals surface area contributed by atoms with Crippen LogP contribution in [0.15, 0.2) is 224 Å². The zero-order valence-electron chi connectivity index (χ0n) is 29.3. The Hall–Kier alpha value is -6.96. The van der Waals surface area contributed by atoms with Gasteiger partial charge in [-0.2, -0.15) is 0 Å². The molecule has 0 fully saturated rings. The van der Waals surface area contributed by atoms with Crippen molar-refractivity contribution >= 4 is 27.8 Å².